The molecule has 0 heterocycles. The van der Waals surface area contributed by atoms with Crippen molar-refractivity contribution in [2.75, 3.05) is 19.8 Å². The van der Waals surface area contributed by atoms with Gasteiger partial charge in [0.2, 0.25) is 0 Å². The molecule has 4 bridgehead atoms. The normalized spacial score (nSPS) is 27.4. The monoisotopic (exact) mass is 477 g/mol. The van der Waals surface area contributed by atoms with Crippen LogP contribution < -0.4 is 10.5 Å². The molecule has 35 heavy (non-hydrogen) atoms. The van der Waals surface area contributed by atoms with E-state index in [1.54, 1.807) is 0 Å². The molecule has 4 nitrogen and oxygen atoms in total. The third kappa shape index (κ3) is 5.45. The van der Waals surface area contributed by atoms with Gasteiger partial charge in [0.05, 0.1) is 25.4 Å². The van der Waals surface area contributed by atoms with Crippen LogP contribution in [0.25, 0.3) is 0 Å². The highest BCUT2D eigenvalue weighted by Crippen LogP contribution is 2.61. The third-order valence-electron chi connectivity index (χ3n) is 9.18. The molecule has 6 rings (SSSR count). The van der Waals surface area contributed by atoms with Crippen LogP contribution >= 0.6 is 0 Å². The molecule has 0 saturated heterocycles. The number of ether oxygens (including phenoxy) is 1. The van der Waals surface area contributed by atoms with Gasteiger partial charge in [-0.15, -0.1) is 0 Å². The lowest BCUT2D eigenvalue weighted by molar-refractivity contribution is -0.00641. The highest BCUT2D eigenvalue weighted by atomic mass is 16.5. The van der Waals surface area contributed by atoms with E-state index in [4.69, 9.17) is 10.5 Å². The number of hydrogen-bond acceptors (Lipinski definition) is 4. The van der Waals surface area contributed by atoms with Gasteiger partial charge < -0.3 is 20.7 Å². The van der Waals surface area contributed by atoms with Gasteiger partial charge in [-0.2, -0.15) is 0 Å². The van der Waals surface area contributed by atoms with Crippen molar-refractivity contribution in [1.82, 2.24) is 0 Å². The van der Waals surface area contributed by atoms with Gasteiger partial charge in [-0.3, -0.25) is 0 Å². The number of nitrogens with two attached hydrogens (primary N) is 1. The summed E-state index contributed by atoms with van der Waals surface area (Å²) in [7, 11) is 0. The van der Waals surface area contributed by atoms with E-state index < -0.39 is 5.54 Å². The minimum absolute atomic E-state index is 0.201. The third-order valence-corrected chi connectivity index (χ3v) is 9.18. The minimum Gasteiger partial charge on any atom is -0.493 e. The maximum absolute atomic E-state index is 9.37. The van der Waals surface area contributed by atoms with Gasteiger partial charge >= 0.3 is 0 Å². The first-order chi connectivity index (χ1) is 16.9. The van der Waals surface area contributed by atoms with E-state index >= 15 is 0 Å². The van der Waals surface area contributed by atoms with Crippen molar-refractivity contribution in [2.45, 2.75) is 82.1 Å². The van der Waals surface area contributed by atoms with Gasteiger partial charge in [0.15, 0.2) is 0 Å². The summed E-state index contributed by atoms with van der Waals surface area (Å²) < 4.78 is 6.47. The summed E-state index contributed by atoms with van der Waals surface area (Å²) in [6, 6.07) is 15.5. The lowest BCUT2D eigenvalue weighted by Gasteiger charge is -2.57. The van der Waals surface area contributed by atoms with E-state index in [1.165, 1.54) is 60.8 Å². The summed E-state index contributed by atoms with van der Waals surface area (Å²) in [6.45, 7) is 2.56. The molecule has 2 aromatic rings. The Kier molecular flexibility index (Phi) is 7.25. The second kappa shape index (κ2) is 10.2. The molecule has 4 aliphatic carbocycles. The van der Waals surface area contributed by atoms with Crippen LogP contribution in [0.15, 0.2) is 42.5 Å². The molecule has 0 atom stereocenters. The van der Waals surface area contributed by atoms with E-state index in [9.17, 15) is 10.2 Å². The quantitative estimate of drug-likeness (QED) is 0.394. The zero-order chi connectivity index (χ0) is 24.5. The summed E-state index contributed by atoms with van der Waals surface area (Å²) in [6.07, 6.45) is 11.8. The Morgan fingerprint density at radius 3 is 2.03 bits per heavy atom. The molecule has 4 saturated carbocycles. The summed E-state index contributed by atoms with van der Waals surface area (Å²) >= 11 is 0. The summed E-state index contributed by atoms with van der Waals surface area (Å²) in [4.78, 5) is 0. The van der Waals surface area contributed by atoms with Crippen LogP contribution in [-0.4, -0.2) is 35.6 Å². The molecule has 0 aromatic heterocycles. The van der Waals surface area contributed by atoms with Crippen LogP contribution in [0.2, 0.25) is 0 Å². The molecular formula is C31H43NO3. The maximum Gasteiger partial charge on any atom is 0.123 e. The van der Waals surface area contributed by atoms with E-state index in [-0.39, 0.29) is 13.2 Å². The van der Waals surface area contributed by atoms with Crippen LogP contribution in [0.5, 0.6) is 5.75 Å². The van der Waals surface area contributed by atoms with Gasteiger partial charge in [-0.1, -0.05) is 42.0 Å². The largest absolute Gasteiger partial charge is 0.493 e. The highest BCUT2D eigenvalue weighted by Gasteiger charge is 2.52. The zero-order valence-electron chi connectivity index (χ0n) is 21.3. The minimum atomic E-state index is -0.902. The van der Waals surface area contributed by atoms with Crippen molar-refractivity contribution in [3.63, 3.8) is 0 Å². The van der Waals surface area contributed by atoms with Crippen LogP contribution in [-0.2, 0) is 18.3 Å². The summed E-state index contributed by atoms with van der Waals surface area (Å²) in [5, 5.41) is 18.7. The summed E-state index contributed by atoms with van der Waals surface area (Å²) in [5.74, 6) is 3.94. The number of aliphatic hydroxyl groups is 2. The fourth-order valence-electron chi connectivity index (χ4n) is 7.56. The van der Waals surface area contributed by atoms with Crippen molar-refractivity contribution < 1.29 is 14.9 Å². The first-order valence-electron chi connectivity index (χ1n) is 13.7. The Morgan fingerprint density at radius 1 is 0.886 bits per heavy atom. The van der Waals surface area contributed by atoms with Gasteiger partial charge in [0.25, 0.3) is 0 Å². The van der Waals surface area contributed by atoms with Crippen molar-refractivity contribution in [2.24, 2.45) is 23.5 Å². The van der Waals surface area contributed by atoms with Gasteiger partial charge in [-0.05, 0) is 111 Å². The molecule has 4 fully saturated rings. The Morgan fingerprint density at radius 2 is 1.46 bits per heavy atom. The van der Waals surface area contributed by atoms with Gasteiger partial charge in [0, 0.05) is 5.56 Å². The Balaban J connectivity index is 1.16. The molecule has 0 radical (unpaired) electrons. The van der Waals surface area contributed by atoms with Crippen LogP contribution in [0.4, 0.5) is 0 Å². The first-order valence-corrected chi connectivity index (χ1v) is 13.7. The Labute approximate surface area is 210 Å². The maximum atomic E-state index is 9.37. The average molecular weight is 478 g/mol. The molecule has 4 N–H and O–H groups in total. The standard InChI is InChI=1S/C31H43NO3/c1-22-4-9-29(28(13-22)30-17-25-14-26(18-30)16-27(15-25)19-30)35-12-2-3-23-5-7-24(8-6-23)10-11-31(32,20-33)21-34/h4-9,13,25-27,33-34H,2-3,10-12,14-21,32H2,1H3. The second-order valence-corrected chi connectivity index (χ2v) is 12.1. The molecule has 0 unspecified atom stereocenters. The molecule has 190 valence electrons. The van der Waals surface area contributed by atoms with Crippen LogP contribution in [0.1, 0.15) is 73.6 Å². The van der Waals surface area contributed by atoms with Crippen molar-refractivity contribution in [1.29, 1.82) is 0 Å². The molecule has 0 aliphatic heterocycles. The predicted molar refractivity (Wildman–Crippen MR) is 141 cm³/mol. The van der Waals surface area contributed by atoms with Crippen LogP contribution in [0, 0.1) is 24.7 Å². The number of aryl methyl sites for hydroxylation is 3. The van der Waals surface area contributed by atoms with Crippen molar-refractivity contribution >= 4 is 0 Å². The fraction of sp³-hybridized carbons (Fsp3) is 0.613. The fourth-order valence-corrected chi connectivity index (χ4v) is 7.56. The predicted octanol–water partition coefficient (Wildman–Crippen LogP) is 5.09. The topological polar surface area (TPSA) is 75.7 Å². The molecule has 0 amide bonds. The smallest absolute Gasteiger partial charge is 0.123 e. The van der Waals surface area contributed by atoms with E-state index in [0.717, 1.165) is 49.4 Å². The van der Waals surface area contributed by atoms with E-state index in [1.807, 2.05) is 0 Å². The lowest BCUT2D eigenvalue weighted by Crippen LogP contribution is -2.48. The number of hydrogen-bond donors (Lipinski definition) is 3. The zero-order valence-corrected chi connectivity index (χ0v) is 21.3. The Hall–Kier alpha value is -1.88. The number of rotatable bonds is 11. The Bertz CT molecular complexity index is 960. The lowest BCUT2D eigenvalue weighted by atomic mass is 9.48. The molecule has 4 heteroatoms. The second-order valence-electron chi connectivity index (χ2n) is 12.1. The van der Waals surface area contributed by atoms with E-state index in [0.29, 0.717) is 11.8 Å². The van der Waals surface area contributed by atoms with Crippen molar-refractivity contribution in [3.05, 3.63) is 64.7 Å². The number of aliphatic hydroxyl groups excluding tert-OH is 2. The van der Waals surface area contributed by atoms with Gasteiger partial charge in [-0.25, -0.2) is 0 Å². The molecule has 2 aromatic carbocycles. The molecular weight excluding hydrogens is 434 g/mol. The first kappa shape index (κ1) is 24.8. The average Bonchev–Trinajstić information content (AvgIpc) is 2.86. The molecule has 4 aliphatic rings. The van der Waals surface area contributed by atoms with E-state index in [2.05, 4.69) is 49.4 Å². The number of benzene rings is 2. The van der Waals surface area contributed by atoms with Crippen LogP contribution in [0.3, 0.4) is 0 Å². The molecule has 0 spiro atoms. The van der Waals surface area contributed by atoms with Crippen molar-refractivity contribution in [3.8, 4) is 5.75 Å². The summed E-state index contributed by atoms with van der Waals surface area (Å²) in [5.41, 5.74) is 10.8. The SMILES string of the molecule is Cc1ccc(OCCCc2ccc(CCC(N)(CO)CO)cc2)c(C23CC4CC(CC(C4)C2)C3)c1. The van der Waals surface area contributed by atoms with Gasteiger partial charge in [0.1, 0.15) is 5.75 Å². The highest BCUT2D eigenvalue weighted by molar-refractivity contribution is 5.44.